The summed E-state index contributed by atoms with van der Waals surface area (Å²) in [6, 6.07) is 13.3. The average molecular weight is 283 g/mol. The first-order valence-corrected chi connectivity index (χ1v) is 6.75. The molecule has 2 rings (SSSR count). The zero-order chi connectivity index (χ0) is 15.2. The molecule has 0 bridgehead atoms. The lowest BCUT2D eigenvalue weighted by Crippen LogP contribution is -2.16. The Balaban J connectivity index is 2.23. The van der Waals surface area contributed by atoms with Crippen LogP contribution in [0.5, 0.6) is 5.75 Å². The lowest BCUT2D eigenvalue weighted by molar-refractivity contribution is 0.102. The van der Waals surface area contributed by atoms with Gasteiger partial charge in [-0.05, 0) is 50.2 Å². The van der Waals surface area contributed by atoms with Crippen LogP contribution in [-0.4, -0.2) is 12.5 Å². The molecule has 0 spiro atoms. The number of benzene rings is 1. The van der Waals surface area contributed by atoms with Crippen molar-refractivity contribution >= 4 is 11.6 Å². The number of rotatable bonds is 4. The maximum atomic E-state index is 12.1. The SMILES string of the molecule is CCOc1ccc(NC(=O)c2ccc(C)cc2)c(=O)cc1. The van der Waals surface area contributed by atoms with Crippen LogP contribution in [0.3, 0.4) is 0 Å². The van der Waals surface area contributed by atoms with Crippen molar-refractivity contribution in [2.75, 3.05) is 11.9 Å². The van der Waals surface area contributed by atoms with E-state index in [4.69, 9.17) is 4.74 Å². The van der Waals surface area contributed by atoms with Crippen LogP contribution in [0.1, 0.15) is 22.8 Å². The molecular weight excluding hydrogens is 266 g/mol. The zero-order valence-electron chi connectivity index (χ0n) is 12.1. The molecular formula is C17H17NO3. The topological polar surface area (TPSA) is 55.4 Å². The second-order valence-corrected chi connectivity index (χ2v) is 4.60. The van der Waals surface area contributed by atoms with Crippen molar-refractivity contribution in [3.05, 3.63) is 69.9 Å². The highest BCUT2D eigenvalue weighted by atomic mass is 16.5. The van der Waals surface area contributed by atoms with Gasteiger partial charge in [-0.25, -0.2) is 0 Å². The van der Waals surface area contributed by atoms with Crippen LogP contribution in [0.15, 0.2) is 53.3 Å². The largest absolute Gasteiger partial charge is 0.494 e. The highest BCUT2D eigenvalue weighted by Gasteiger charge is 2.07. The van der Waals surface area contributed by atoms with E-state index in [0.717, 1.165) is 5.56 Å². The molecule has 1 amide bonds. The third-order valence-corrected chi connectivity index (χ3v) is 2.95. The first-order chi connectivity index (χ1) is 10.1. The minimum Gasteiger partial charge on any atom is -0.494 e. The second-order valence-electron chi connectivity index (χ2n) is 4.60. The molecule has 0 radical (unpaired) electrons. The Bertz CT molecular complexity index is 693. The highest BCUT2D eigenvalue weighted by Crippen LogP contribution is 2.11. The van der Waals surface area contributed by atoms with Crippen LogP contribution < -0.4 is 15.5 Å². The fourth-order valence-corrected chi connectivity index (χ4v) is 1.82. The van der Waals surface area contributed by atoms with Gasteiger partial charge in [0.1, 0.15) is 5.75 Å². The van der Waals surface area contributed by atoms with Gasteiger partial charge in [0.25, 0.3) is 5.91 Å². The number of amides is 1. The molecule has 4 nitrogen and oxygen atoms in total. The Kier molecular flexibility index (Phi) is 4.72. The van der Waals surface area contributed by atoms with Crippen molar-refractivity contribution in [1.82, 2.24) is 0 Å². The van der Waals surface area contributed by atoms with Crippen molar-refractivity contribution in [2.24, 2.45) is 0 Å². The Morgan fingerprint density at radius 1 is 1.05 bits per heavy atom. The van der Waals surface area contributed by atoms with Crippen LogP contribution in [0.25, 0.3) is 0 Å². The van der Waals surface area contributed by atoms with E-state index in [2.05, 4.69) is 5.32 Å². The van der Waals surface area contributed by atoms with Gasteiger partial charge in [-0.15, -0.1) is 0 Å². The molecule has 0 fully saturated rings. The molecule has 2 aromatic rings. The summed E-state index contributed by atoms with van der Waals surface area (Å²) in [4.78, 5) is 24.0. The molecule has 0 aliphatic rings. The fraction of sp³-hybridized carbons (Fsp3) is 0.176. The summed E-state index contributed by atoms with van der Waals surface area (Å²) in [6.07, 6.45) is 0. The van der Waals surface area contributed by atoms with Gasteiger partial charge in [0, 0.05) is 5.56 Å². The predicted molar refractivity (Wildman–Crippen MR) is 83.0 cm³/mol. The van der Waals surface area contributed by atoms with E-state index in [1.165, 1.54) is 6.07 Å². The van der Waals surface area contributed by atoms with Crippen molar-refractivity contribution in [1.29, 1.82) is 0 Å². The maximum Gasteiger partial charge on any atom is 0.255 e. The maximum absolute atomic E-state index is 12.1. The van der Waals surface area contributed by atoms with Crippen LogP contribution in [0, 0.1) is 6.92 Å². The van der Waals surface area contributed by atoms with Gasteiger partial charge >= 0.3 is 0 Å². The van der Waals surface area contributed by atoms with Crippen molar-refractivity contribution < 1.29 is 9.53 Å². The van der Waals surface area contributed by atoms with Gasteiger partial charge in [-0.2, -0.15) is 0 Å². The van der Waals surface area contributed by atoms with Gasteiger partial charge in [0.15, 0.2) is 0 Å². The van der Waals surface area contributed by atoms with Gasteiger partial charge in [0.2, 0.25) is 5.43 Å². The minimum atomic E-state index is -0.309. The Hall–Kier alpha value is -2.62. The summed E-state index contributed by atoms with van der Waals surface area (Å²) in [5.41, 5.74) is 1.55. The van der Waals surface area contributed by atoms with E-state index < -0.39 is 0 Å². The number of carbonyl (C=O) groups is 1. The molecule has 0 unspecified atom stereocenters. The Morgan fingerprint density at radius 3 is 2.38 bits per heavy atom. The van der Waals surface area contributed by atoms with Gasteiger partial charge < -0.3 is 10.1 Å². The summed E-state index contributed by atoms with van der Waals surface area (Å²) >= 11 is 0. The summed E-state index contributed by atoms with van der Waals surface area (Å²) in [5.74, 6) is 0.279. The third kappa shape index (κ3) is 3.92. The first-order valence-electron chi connectivity index (χ1n) is 6.75. The van der Waals surface area contributed by atoms with Crippen LogP contribution in [0.4, 0.5) is 5.69 Å². The molecule has 0 aromatic heterocycles. The first kappa shape index (κ1) is 14.8. The summed E-state index contributed by atoms with van der Waals surface area (Å²) < 4.78 is 5.33. The molecule has 0 saturated carbocycles. The smallest absolute Gasteiger partial charge is 0.255 e. The number of nitrogens with one attached hydrogen (secondary N) is 1. The third-order valence-electron chi connectivity index (χ3n) is 2.95. The number of hydrogen-bond acceptors (Lipinski definition) is 3. The van der Waals surface area contributed by atoms with Gasteiger partial charge in [-0.1, -0.05) is 17.7 Å². The zero-order valence-corrected chi connectivity index (χ0v) is 12.1. The lowest BCUT2D eigenvalue weighted by atomic mass is 10.1. The number of ether oxygens (including phenoxy) is 1. The summed E-state index contributed by atoms with van der Waals surface area (Å²) in [6.45, 7) is 4.33. The standard InChI is InChI=1S/C17H17NO3/c1-3-21-14-8-10-15(16(19)11-9-14)18-17(20)13-6-4-12(2)5-7-13/h4-11H,3H2,1-2H3,(H,18,19,20). The van der Waals surface area contributed by atoms with Crippen molar-refractivity contribution in [3.63, 3.8) is 0 Å². The number of carbonyl (C=O) groups excluding carboxylic acids is 1. The summed E-state index contributed by atoms with van der Waals surface area (Å²) in [7, 11) is 0. The average Bonchev–Trinajstić information content (AvgIpc) is 2.64. The fourth-order valence-electron chi connectivity index (χ4n) is 1.82. The van der Waals surface area contributed by atoms with Crippen molar-refractivity contribution in [2.45, 2.75) is 13.8 Å². The molecule has 0 saturated heterocycles. The molecule has 0 atom stereocenters. The van der Waals surface area contributed by atoms with Crippen LogP contribution in [0.2, 0.25) is 0 Å². The predicted octanol–water partition coefficient (Wildman–Crippen LogP) is 3.01. The molecule has 21 heavy (non-hydrogen) atoms. The molecule has 108 valence electrons. The number of hydrogen-bond donors (Lipinski definition) is 1. The highest BCUT2D eigenvalue weighted by molar-refractivity contribution is 6.04. The number of anilines is 1. The summed E-state index contributed by atoms with van der Waals surface area (Å²) in [5, 5.41) is 2.63. The van der Waals surface area contributed by atoms with Gasteiger partial charge in [0.05, 0.1) is 12.3 Å². The van der Waals surface area contributed by atoms with E-state index in [9.17, 15) is 9.59 Å². The quantitative estimate of drug-likeness (QED) is 0.938. The van der Waals surface area contributed by atoms with E-state index in [-0.39, 0.29) is 17.0 Å². The van der Waals surface area contributed by atoms with E-state index in [1.54, 1.807) is 30.3 Å². The molecule has 0 aliphatic heterocycles. The molecule has 0 aliphatic carbocycles. The van der Waals surface area contributed by atoms with Crippen LogP contribution in [-0.2, 0) is 0 Å². The molecule has 2 aromatic carbocycles. The Labute approximate surface area is 123 Å². The van der Waals surface area contributed by atoms with Crippen LogP contribution >= 0.6 is 0 Å². The molecule has 1 N–H and O–H groups in total. The molecule has 4 heteroatoms. The Morgan fingerprint density at radius 2 is 1.71 bits per heavy atom. The van der Waals surface area contributed by atoms with E-state index >= 15 is 0 Å². The monoisotopic (exact) mass is 283 g/mol. The van der Waals surface area contributed by atoms with E-state index in [1.807, 2.05) is 26.0 Å². The number of aryl methyl sites for hydroxylation is 1. The van der Waals surface area contributed by atoms with Crippen molar-refractivity contribution in [3.8, 4) is 5.75 Å². The lowest BCUT2D eigenvalue weighted by Gasteiger charge is -2.03. The minimum absolute atomic E-state index is 0.228. The normalized spacial score (nSPS) is 10.0. The van der Waals surface area contributed by atoms with Gasteiger partial charge in [-0.3, -0.25) is 9.59 Å². The second kappa shape index (κ2) is 6.70. The van der Waals surface area contributed by atoms with E-state index in [0.29, 0.717) is 17.9 Å². The molecule has 0 heterocycles.